The average Bonchev–Trinajstić information content (AvgIpc) is 2.79. The summed E-state index contributed by atoms with van der Waals surface area (Å²) < 4.78 is 4.39. The zero-order valence-electron chi connectivity index (χ0n) is 17.8. The van der Waals surface area contributed by atoms with Gasteiger partial charge in [0, 0.05) is 24.4 Å². The number of hydrogen-bond donors (Lipinski definition) is 2. The third-order valence-corrected chi connectivity index (χ3v) is 4.23. The first-order chi connectivity index (χ1) is 15.3. The second-order valence-electron chi connectivity index (χ2n) is 6.71. The Morgan fingerprint density at radius 3 is 1.97 bits per heavy atom. The molecule has 0 aliphatic rings. The van der Waals surface area contributed by atoms with E-state index < -0.39 is 29.7 Å². The Morgan fingerprint density at radius 2 is 1.44 bits per heavy atom. The number of alkyl halides is 2. The summed E-state index contributed by atoms with van der Waals surface area (Å²) >= 11 is 9.53. The SMILES string of the molecule is COC(=O)C(=O)C[C@@H](C)NC(=O)[C@H](Cc1ccccc1)NC(=O)c1ccccc1.ClCCl. The van der Waals surface area contributed by atoms with Crippen LogP contribution >= 0.6 is 23.2 Å². The van der Waals surface area contributed by atoms with Crippen LogP contribution in [0.25, 0.3) is 0 Å². The van der Waals surface area contributed by atoms with E-state index >= 15 is 0 Å². The van der Waals surface area contributed by atoms with Crippen molar-refractivity contribution in [1.29, 1.82) is 0 Å². The standard InChI is InChI=1S/C22H24N2O5.CH2Cl2/c1-15(13-19(25)22(28)29-2)23-21(27)18(14-16-9-5-3-6-10-16)24-20(26)17-11-7-4-8-12-17;2-1-3/h3-12,15,18H,13-14H2,1-2H3,(H,23,27)(H,24,26);1H2/t15-,18+;/m1./s1. The van der Waals surface area contributed by atoms with Gasteiger partial charge in [-0.2, -0.15) is 0 Å². The molecule has 172 valence electrons. The van der Waals surface area contributed by atoms with Gasteiger partial charge in [-0.3, -0.25) is 14.4 Å². The number of amides is 2. The second kappa shape index (κ2) is 15.0. The molecule has 0 spiro atoms. The van der Waals surface area contributed by atoms with E-state index in [0.29, 0.717) is 5.56 Å². The maximum atomic E-state index is 12.8. The van der Waals surface area contributed by atoms with E-state index in [9.17, 15) is 19.2 Å². The lowest BCUT2D eigenvalue weighted by atomic mass is 10.0. The Kier molecular flexibility index (Phi) is 12.7. The highest BCUT2D eigenvalue weighted by atomic mass is 35.5. The summed E-state index contributed by atoms with van der Waals surface area (Å²) in [4.78, 5) is 48.3. The van der Waals surface area contributed by atoms with E-state index in [0.717, 1.165) is 12.7 Å². The summed E-state index contributed by atoms with van der Waals surface area (Å²) in [6, 6.07) is 16.4. The van der Waals surface area contributed by atoms with Gasteiger partial charge in [0.1, 0.15) is 6.04 Å². The molecule has 0 bridgehead atoms. The highest BCUT2D eigenvalue weighted by Gasteiger charge is 2.25. The first kappa shape index (κ1) is 27.1. The third-order valence-electron chi connectivity index (χ3n) is 4.23. The topological polar surface area (TPSA) is 102 Å². The lowest BCUT2D eigenvalue weighted by molar-refractivity contribution is -0.151. The normalized spacial score (nSPS) is 11.8. The monoisotopic (exact) mass is 480 g/mol. The molecule has 9 heteroatoms. The minimum absolute atomic E-state index is 0.191. The Balaban J connectivity index is 0.00000161. The van der Waals surface area contributed by atoms with E-state index in [-0.39, 0.29) is 24.1 Å². The molecular weight excluding hydrogens is 455 g/mol. The van der Waals surface area contributed by atoms with Gasteiger partial charge >= 0.3 is 5.97 Å². The highest BCUT2D eigenvalue weighted by molar-refractivity contribution is 6.40. The van der Waals surface area contributed by atoms with Crippen molar-refractivity contribution in [2.24, 2.45) is 0 Å². The molecule has 2 amide bonds. The molecule has 0 aliphatic carbocycles. The Morgan fingerprint density at radius 1 is 0.906 bits per heavy atom. The number of benzene rings is 2. The Bertz CT molecular complexity index is 878. The maximum Gasteiger partial charge on any atom is 0.374 e. The summed E-state index contributed by atoms with van der Waals surface area (Å²) in [5.41, 5.74) is 1.31. The second-order valence-corrected chi connectivity index (χ2v) is 7.52. The third kappa shape index (κ3) is 9.94. The molecule has 0 aliphatic heterocycles. The van der Waals surface area contributed by atoms with Gasteiger partial charge < -0.3 is 15.4 Å². The number of ether oxygens (including phenoxy) is 1. The van der Waals surface area contributed by atoms with Crippen molar-refractivity contribution in [3.8, 4) is 0 Å². The van der Waals surface area contributed by atoms with Gasteiger partial charge in [0.15, 0.2) is 0 Å². The smallest absolute Gasteiger partial charge is 0.374 e. The average molecular weight is 481 g/mol. The van der Waals surface area contributed by atoms with Gasteiger partial charge in [0.05, 0.1) is 12.4 Å². The van der Waals surface area contributed by atoms with Crippen LogP contribution in [0.15, 0.2) is 60.7 Å². The van der Waals surface area contributed by atoms with Crippen LogP contribution in [-0.2, 0) is 25.5 Å². The summed E-state index contributed by atoms with van der Waals surface area (Å²) in [6.07, 6.45) is 0.0893. The van der Waals surface area contributed by atoms with Gasteiger partial charge in [-0.1, -0.05) is 48.5 Å². The van der Waals surface area contributed by atoms with Gasteiger partial charge in [-0.05, 0) is 24.6 Å². The molecule has 2 atom stereocenters. The molecule has 0 unspecified atom stereocenters. The molecule has 0 radical (unpaired) electrons. The number of hydrogen-bond acceptors (Lipinski definition) is 5. The van der Waals surface area contributed by atoms with E-state index in [2.05, 4.69) is 15.4 Å². The summed E-state index contributed by atoms with van der Waals surface area (Å²) in [7, 11) is 1.12. The molecule has 2 rings (SSSR count). The van der Waals surface area contributed by atoms with Gasteiger partial charge in [0.2, 0.25) is 11.7 Å². The van der Waals surface area contributed by atoms with Gasteiger partial charge in [-0.15, -0.1) is 23.2 Å². The Hall–Kier alpha value is -2.90. The van der Waals surface area contributed by atoms with Crippen molar-refractivity contribution in [3.05, 3.63) is 71.8 Å². The van der Waals surface area contributed by atoms with Crippen molar-refractivity contribution in [2.45, 2.75) is 31.8 Å². The van der Waals surface area contributed by atoms with Crippen molar-refractivity contribution in [3.63, 3.8) is 0 Å². The molecule has 7 nitrogen and oxygen atoms in total. The van der Waals surface area contributed by atoms with Crippen molar-refractivity contribution in [2.75, 3.05) is 12.4 Å². The first-order valence-corrected chi connectivity index (χ1v) is 10.8. The van der Waals surface area contributed by atoms with Crippen LogP contribution in [0.2, 0.25) is 0 Å². The number of Topliss-reactive ketones (excluding diaryl/α,β-unsaturated/α-hetero) is 1. The lowest BCUT2D eigenvalue weighted by Gasteiger charge is -2.21. The largest absolute Gasteiger partial charge is 0.463 e. The molecule has 32 heavy (non-hydrogen) atoms. The van der Waals surface area contributed by atoms with Crippen molar-refractivity contribution in [1.82, 2.24) is 10.6 Å². The maximum absolute atomic E-state index is 12.8. The van der Waals surface area contributed by atoms with Crippen LogP contribution in [0.1, 0.15) is 29.3 Å². The number of carbonyl (C=O) groups is 4. The number of halogens is 2. The predicted molar refractivity (Wildman–Crippen MR) is 124 cm³/mol. The predicted octanol–water partition coefficient (Wildman–Crippen LogP) is 3.09. The van der Waals surface area contributed by atoms with E-state index in [1.54, 1.807) is 37.3 Å². The number of ketones is 1. The molecular formula is C23H26Cl2N2O5. The van der Waals surface area contributed by atoms with E-state index in [1.807, 2.05) is 30.3 Å². The van der Waals surface area contributed by atoms with Crippen molar-refractivity contribution >= 4 is 46.8 Å². The zero-order chi connectivity index (χ0) is 23.9. The highest BCUT2D eigenvalue weighted by Crippen LogP contribution is 2.07. The summed E-state index contributed by atoms with van der Waals surface area (Å²) in [6.45, 7) is 1.61. The molecule has 0 saturated heterocycles. The summed E-state index contributed by atoms with van der Waals surface area (Å²) in [5, 5.41) is 5.63. The van der Waals surface area contributed by atoms with Gasteiger partial charge in [-0.25, -0.2) is 4.79 Å². The molecule has 0 fully saturated rings. The van der Waals surface area contributed by atoms with Crippen LogP contribution in [0.5, 0.6) is 0 Å². The van der Waals surface area contributed by atoms with E-state index in [1.165, 1.54) is 0 Å². The lowest BCUT2D eigenvalue weighted by Crippen LogP contribution is -2.50. The molecule has 0 saturated carbocycles. The van der Waals surface area contributed by atoms with Crippen LogP contribution in [0.4, 0.5) is 0 Å². The molecule has 0 heterocycles. The van der Waals surface area contributed by atoms with E-state index in [4.69, 9.17) is 23.2 Å². The minimum atomic E-state index is -0.954. The number of esters is 1. The number of nitrogens with one attached hydrogen (secondary N) is 2. The first-order valence-electron chi connectivity index (χ1n) is 9.75. The molecule has 2 aromatic rings. The number of carbonyl (C=O) groups excluding carboxylic acids is 4. The zero-order valence-corrected chi connectivity index (χ0v) is 19.4. The van der Waals surface area contributed by atoms with Crippen LogP contribution in [0.3, 0.4) is 0 Å². The van der Waals surface area contributed by atoms with Crippen molar-refractivity contribution < 1.29 is 23.9 Å². The fourth-order valence-corrected chi connectivity index (χ4v) is 2.76. The fourth-order valence-electron chi connectivity index (χ4n) is 2.76. The quantitative estimate of drug-likeness (QED) is 0.326. The minimum Gasteiger partial charge on any atom is -0.463 e. The molecule has 2 aromatic carbocycles. The molecule has 0 aromatic heterocycles. The fraction of sp³-hybridized carbons (Fsp3) is 0.304. The summed E-state index contributed by atoms with van der Waals surface area (Å²) in [5.74, 6) is -2.50. The Labute approximate surface area is 197 Å². The number of rotatable bonds is 9. The molecule has 2 N–H and O–H groups in total. The van der Waals surface area contributed by atoms with Crippen LogP contribution in [0, 0.1) is 0 Å². The number of methoxy groups -OCH3 is 1. The van der Waals surface area contributed by atoms with Gasteiger partial charge in [0.25, 0.3) is 5.91 Å². The van der Waals surface area contributed by atoms with Crippen LogP contribution < -0.4 is 10.6 Å². The van der Waals surface area contributed by atoms with Crippen LogP contribution in [-0.4, -0.2) is 48.1 Å².